The molecule has 2 rings (SSSR count). The van der Waals surface area contributed by atoms with Gasteiger partial charge in [0.05, 0.1) is 0 Å². The first-order valence-corrected chi connectivity index (χ1v) is 8.49. The molecular formula is C20H16N2O8. The normalized spacial score (nSPS) is 9.40. The molecule has 10 nitrogen and oxygen atoms in total. The van der Waals surface area contributed by atoms with Crippen LogP contribution in [0.4, 0.5) is 0 Å². The average Bonchev–Trinajstić information content (AvgIpc) is 2.76. The Labute approximate surface area is 171 Å². The Morgan fingerprint density at radius 3 is 1.30 bits per heavy atom. The van der Waals surface area contributed by atoms with Crippen LogP contribution in [0, 0.1) is 23.0 Å². The molecule has 10 heteroatoms. The molecule has 0 N–H and O–H groups in total. The molecule has 0 radical (unpaired) electrons. The molecule has 0 atom stereocenters. The predicted octanol–water partition coefficient (Wildman–Crippen LogP) is 1.95. The fourth-order valence-electron chi connectivity index (χ4n) is 1.99. The van der Waals surface area contributed by atoms with Crippen LogP contribution < -0.4 is 18.9 Å². The number of esters is 2. The first kappa shape index (κ1) is 21.9. The second-order valence-electron chi connectivity index (χ2n) is 5.35. The molecule has 0 aromatic heterocycles. The van der Waals surface area contributed by atoms with Crippen LogP contribution in [0.5, 0.6) is 23.0 Å². The number of nitriles is 2. The Kier molecular flexibility index (Phi) is 8.82. The molecule has 2 aromatic carbocycles. The summed E-state index contributed by atoms with van der Waals surface area (Å²) in [4.78, 5) is 23.2. The van der Waals surface area contributed by atoms with E-state index >= 15 is 0 Å². The van der Waals surface area contributed by atoms with Gasteiger partial charge in [-0.2, -0.15) is 0 Å². The number of benzene rings is 2. The standard InChI is InChI=1S/C20H16N2O8/c21-13-29-17-5-1-15(2-6-17)27-11-19(23)25-9-10-26-20(24)12-28-16-3-7-18(8-4-16)30-14-22/h1-8H,9-12H2. The van der Waals surface area contributed by atoms with E-state index < -0.39 is 11.9 Å². The summed E-state index contributed by atoms with van der Waals surface area (Å²) >= 11 is 0. The van der Waals surface area contributed by atoms with Gasteiger partial charge in [0.2, 0.25) is 0 Å². The highest BCUT2D eigenvalue weighted by Crippen LogP contribution is 2.18. The van der Waals surface area contributed by atoms with Crippen molar-refractivity contribution in [3.8, 4) is 35.5 Å². The van der Waals surface area contributed by atoms with Crippen LogP contribution in [0.15, 0.2) is 48.5 Å². The number of hydrogen-bond donors (Lipinski definition) is 0. The van der Waals surface area contributed by atoms with Gasteiger partial charge in [-0.25, -0.2) is 9.59 Å². The van der Waals surface area contributed by atoms with Gasteiger partial charge in [0.1, 0.15) is 36.2 Å². The monoisotopic (exact) mass is 412 g/mol. The first-order valence-electron chi connectivity index (χ1n) is 8.49. The van der Waals surface area contributed by atoms with Gasteiger partial charge in [0.15, 0.2) is 13.2 Å². The molecule has 0 aliphatic carbocycles. The summed E-state index contributed by atoms with van der Waals surface area (Å²) in [7, 11) is 0. The fourth-order valence-corrected chi connectivity index (χ4v) is 1.99. The summed E-state index contributed by atoms with van der Waals surface area (Å²) in [6, 6.07) is 12.2. The van der Waals surface area contributed by atoms with Crippen molar-refractivity contribution in [1.29, 1.82) is 10.5 Å². The minimum atomic E-state index is -0.640. The van der Waals surface area contributed by atoms with Crippen LogP contribution in [0.25, 0.3) is 0 Å². The highest BCUT2D eigenvalue weighted by molar-refractivity contribution is 5.72. The molecule has 0 saturated heterocycles. The summed E-state index contributed by atoms with van der Waals surface area (Å²) in [6.45, 7) is -0.936. The Balaban J connectivity index is 1.56. The Morgan fingerprint density at radius 2 is 0.967 bits per heavy atom. The smallest absolute Gasteiger partial charge is 0.344 e. The van der Waals surface area contributed by atoms with E-state index in [1.54, 1.807) is 0 Å². The van der Waals surface area contributed by atoms with Crippen molar-refractivity contribution >= 4 is 11.9 Å². The van der Waals surface area contributed by atoms with E-state index in [0.717, 1.165) is 0 Å². The fraction of sp³-hybridized carbons (Fsp3) is 0.200. The third-order valence-electron chi connectivity index (χ3n) is 3.30. The Morgan fingerprint density at radius 1 is 0.633 bits per heavy atom. The van der Waals surface area contributed by atoms with E-state index in [1.165, 1.54) is 61.0 Å². The molecule has 2 aromatic rings. The largest absolute Gasteiger partial charge is 0.482 e. The first-order chi connectivity index (χ1) is 14.6. The third-order valence-corrected chi connectivity index (χ3v) is 3.30. The molecule has 30 heavy (non-hydrogen) atoms. The van der Waals surface area contributed by atoms with E-state index in [4.69, 9.17) is 29.5 Å². The second kappa shape index (κ2) is 12.1. The van der Waals surface area contributed by atoms with Crippen molar-refractivity contribution < 1.29 is 38.0 Å². The maximum atomic E-state index is 11.6. The van der Waals surface area contributed by atoms with E-state index in [-0.39, 0.29) is 26.4 Å². The van der Waals surface area contributed by atoms with Crippen LogP contribution in [0.1, 0.15) is 0 Å². The molecule has 0 unspecified atom stereocenters. The molecular weight excluding hydrogens is 396 g/mol. The van der Waals surface area contributed by atoms with E-state index in [1.807, 2.05) is 0 Å². The predicted molar refractivity (Wildman–Crippen MR) is 98.3 cm³/mol. The van der Waals surface area contributed by atoms with Gasteiger partial charge in [-0.15, -0.1) is 10.5 Å². The van der Waals surface area contributed by atoms with E-state index in [9.17, 15) is 9.59 Å². The van der Waals surface area contributed by atoms with E-state index in [0.29, 0.717) is 23.0 Å². The summed E-state index contributed by atoms with van der Waals surface area (Å²) in [5.74, 6) is 0.214. The number of carbonyl (C=O) groups is 2. The maximum Gasteiger partial charge on any atom is 0.344 e. The molecule has 0 spiro atoms. The molecule has 154 valence electrons. The molecule has 0 heterocycles. The van der Waals surface area contributed by atoms with Crippen molar-refractivity contribution in [1.82, 2.24) is 0 Å². The summed E-state index contributed by atoms with van der Waals surface area (Å²) in [5.41, 5.74) is 0. The maximum absolute atomic E-state index is 11.6. The van der Waals surface area contributed by atoms with E-state index in [2.05, 4.69) is 9.47 Å². The lowest BCUT2D eigenvalue weighted by molar-refractivity contribution is -0.154. The van der Waals surface area contributed by atoms with Crippen molar-refractivity contribution in [2.75, 3.05) is 26.4 Å². The summed E-state index contributed by atoms with van der Waals surface area (Å²) in [5, 5.41) is 16.8. The molecule has 0 fully saturated rings. The quantitative estimate of drug-likeness (QED) is 0.306. The van der Waals surface area contributed by atoms with Crippen LogP contribution in [-0.2, 0) is 19.1 Å². The molecule has 0 bridgehead atoms. The minimum absolute atomic E-state index is 0.136. The van der Waals surface area contributed by atoms with Gasteiger partial charge in [-0.05, 0) is 48.5 Å². The lowest BCUT2D eigenvalue weighted by Crippen LogP contribution is -2.21. The Bertz CT molecular complexity index is 836. The van der Waals surface area contributed by atoms with Gasteiger partial charge in [0.25, 0.3) is 12.5 Å². The zero-order valence-corrected chi connectivity index (χ0v) is 15.6. The molecule has 0 aliphatic heterocycles. The van der Waals surface area contributed by atoms with Gasteiger partial charge < -0.3 is 28.4 Å². The lowest BCUT2D eigenvalue weighted by Gasteiger charge is -2.09. The van der Waals surface area contributed by atoms with Crippen molar-refractivity contribution in [2.24, 2.45) is 0 Å². The number of rotatable bonds is 11. The van der Waals surface area contributed by atoms with Crippen molar-refractivity contribution in [3.63, 3.8) is 0 Å². The zero-order chi connectivity index (χ0) is 21.6. The highest BCUT2D eigenvalue weighted by atomic mass is 16.6. The van der Waals surface area contributed by atoms with Crippen molar-refractivity contribution in [2.45, 2.75) is 0 Å². The van der Waals surface area contributed by atoms with Crippen LogP contribution in [0.3, 0.4) is 0 Å². The molecule has 0 aliphatic rings. The zero-order valence-electron chi connectivity index (χ0n) is 15.6. The molecule has 0 amide bonds. The number of nitrogens with zero attached hydrogens (tertiary/aromatic N) is 2. The topological polar surface area (TPSA) is 137 Å². The van der Waals surface area contributed by atoms with Crippen LogP contribution in [0.2, 0.25) is 0 Å². The van der Waals surface area contributed by atoms with Crippen LogP contribution >= 0.6 is 0 Å². The minimum Gasteiger partial charge on any atom is -0.482 e. The number of ether oxygens (including phenoxy) is 6. The second-order valence-corrected chi connectivity index (χ2v) is 5.35. The van der Waals surface area contributed by atoms with Gasteiger partial charge in [-0.3, -0.25) is 0 Å². The summed E-state index contributed by atoms with van der Waals surface area (Å²) < 4.78 is 29.5. The van der Waals surface area contributed by atoms with Gasteiger partial charge in [-0.1, -0.05) is 0 Å². The molecule has 0 saturated carbocycles. The number of hydrogen-bond acceptors (Lipinski definition) is 10. The lowest BCUT2D eigenvalue weighted by atomic mass is 10.3. The van der Waals surface area contributed by atoms with Gasteiger partial charge in [0, 0.05) is 0 Å². The van der Waals surface area contributed by atoms with Crippen LogP contribution in [-0.4, -0.2) is 38.4 Å². The highest BCUT2D eigenvalue weighted by Gasteiger charge is 2.08. The number of carbonyl (C=O) groups excluding carboxylic acids is 2. The third kappa shape index (κ3) is 8.06. The average molecular weight is 412 g/mol. The van der Waals surface area contributed by atoms with Gasteiger partial charge >= 0.3 is 11.9 Å². The summed E-state index contributed by atoms with van der Waals surface area (Å²) in [6.07, 6.45) is 3.08. The van der Waals surface area contributed by atoms with Crippen molar-refractivity contribution in [3.05, 3.63) is 48.5 Å². The Hall–Kier alpha value is -4.44. The SMILES string of the molecule is N#COc1ccc(OCC(=O)OCCOC(=O)COc2ccc(OC#N)cc2)cc1.